The molecule has 0 bridgehead atoms. The van der Waals surface area contributed by atoms with E-state index in [0.29, 0.717) is 21.9 Å². The summed E-state index contributed by atoms with van der Waals surface area (Å²) in [5.41, 5.74) is 2.59. The molecule has 1 aromatic heterocycles. The van der Waals surface area contributed by atoms with Crippen LogP contribution in [0.4, 0.5) is 5.69 Å². The quantitative estimate of drug-likeness (QED) is 0.349. The Bertz CT molecular complexity index is 986. The number of non-ortho nitro benzene ring substituents is 1. The van der Waals surface area contributed by atoms with E-state index in [4.69, 9.17) is 11.6 Å². The predicted molar refractivity (Wildman–Crippen MR) is 99.1 cm³/mol. The van der Waals surface area contributed by atoms with E-state index >= 15 is 0 Å². The first-order chi connectivity index (χ1) is 12.1. The van der Waals surface area contributed by atoms with Crippen LogP contribution in [0.5, 0.6) is 0 Å². The Balaban J connectivity index is 1.89. The number of hydrogen-bond donors (Lipinski definition) is 0. The summed E-state index contributed by atoms with van der Waals surface area (Å²) in [5, 5.41) is 23.4. The minimum Gasteiger partial charge on any atom is -0.258 e. The van der Waals surface area contributed by atoms with Crippen molar-refractivity contribution in [1.82, 2.24) is 4.98 Å². The first-order valence-electron chi connectivity index (χ1n) is 7.15. The molecule has 3 rings (SSSR count). The number of allylic oxidation sites excluding steroid dienone is 1. The summed E-state index contributed by atoms with van der Waals surface area (Å²) in [7, 11) is 0. The van der Waals surface area contributed by atoms with Gasteiger partial charge in [-0.3, -0.25) is 10.1 Å². The third-order valence-electron chi connectivity index (χ3n) is 3.41. The highest BCUT2D eigenvalue weighted by atomic mass is 35.5. The number of nitro groups is 1. The molecule has 25 heavy (non-hydrogen) atoms. The van der Waals surface area contributed by atoms with Crippen LogP contribution < -0.4 is 0 Å². The van der Waals surface area contributed by atoms with Gasteiger partial charge in [0.2, 0.25) is 0 Å². The molecule has 0 spiro atoms. The zero-order valence-corrected chi connectivity index (χ0v) is 14.3. The number of nitro benzene ring substituents is 1. The van der Waals surface area contributed by atoms with Gasteiger partial charge < -0.3 is 0 Å². The predicted octanol–water partition coefficient (Wildman–Crippen LogP) is 5.44. The number of nitriles is 1. The molecule has 0 radical (unpaired) electrons. The zero-order chi connectivity index (χ0) is 17.8. The number of nitrogens with zero attached hydrogens (tertiary/aromatic N) is 3. The molecule has 0 saturated carbocycles. The molecule has 0 atom stereocenters. The molecule has 0 fully saturated rings. The molecule has 122 valence electrons. The number of hydrogen-bond acceptors (Lipinski definition) is 5. The summed E-state index contributed by atoms with van der Waals surface area (Å²) in [6.07, 6.45) is 1.66. The van der Waals surface area contributed by atoms with Gasteiger partial charge >= 0.3 is 0 Å². The Morgan fingerprint density at radius 2 is 1.88 bits per heavy atom. The van der Waals surface area contributed by atoms with Gasteiger partial charge in [0.25, 0.3) is 5.69 Å². The van der Waals surface area contributed by atoms with Crippen LogP contribution in [-0.2, 0) is 0 Å². The van der Waals surface area contributed by atoms with Gasteiger partial charge in [-0.15, -0.1) is 11.3 Å². The van der Waals surface area contributed by atoms with Crippen molar-refractivity contribution in [3.63, 3.8) is 0 Å². The Labute approximate surface area is 152 Å². The maximum absolute atomic E-state index is 10.7. The minimum atomic E-state index is -0.474. The SMILES string of the molecule is N#C/C(=C\c1csc(-c2ccc(Cl)cc2)n1)c1ccc([N+](=O)[O-])cc1. The number of benzene rings is 2. The second-order valence-electron chi connectivity index (χ2n) is 5.06. The molecule has 0 amide bonds. The lowest BCUT2D eigenvalue weighted by Gasteiger charge is -1.98. The molecule has 2 aromatic carbocycles. The van der Waals surface area contributed by atoms with Crippen molar-refractivity contribution in [2.24, 2.45) is 0 Å². The number of halogens is 1. The van der Waals surface area contributed by atoms with E-state index in [2.05, 4.69) is 11.1 Å². The summed E-state index contributed by atoms with van der Waals surface area (Å²) in [5.74, 6) is 0. The van der Waals surface area contributed by atoms with Crippen LogP contribution in [0.3, 0.4) is 0 Å². The van der Waals surface area contributed by atoms with Gasteiger partial charge in [0.1, 0.15) is 5.01 Å². The normalized spacial score (nSPS) is 11.1. The number of thiazole rings is 1. The van der Waals surface area contributed by atoms with Gasteiger partial charge in [-0.2, -0.15) is 5.26 Å². The second kappa shape index (κ2) is 7.26. The van der Waals surface area contributed by atoms with Crippen molar-refractivity contribution < 1.29 is 4.92 Å². The lowest BCUT2D eigenvalue weighted by molar-refractivity contribution is -0.384. The summed E-state index contributed by atoms with van der Waals surface area (Å²) in [4.78, 5) is 14.7. The van der Waals surface area contributed by atoms with Crippen LogP contribution in [0.2, 0.25) is 5.02 Å². The standard InChI is InChI=1S/C18H10ClN3O2S/c19-15-5-1-13(2-6-15)18-21-16(11-25-18)9-14(10-20)12-3-7-17(8-4-12)22(23)24/h1-9,11H/b14-9+. The lowest BCUT2D eigenvalue weighted by atomic mass is 10.1. The molecule has 0 N–H and O–H groups in total. The number of rotatable bonds is 4. The molecule has 1 heterocycles. The van der Waals surface area contributed by atoms with Gasteiger partial charge in [0, 0.05) is 28.1 Å². The maximum Gasteiger partial charge on any atom is 0.269 e. The van der Waals surface area contributed by atoms with Crippen molar-refractivity contribution in [1.29, 1.82) is 5.26 Å². The summed E-state index contributed by atoms with van der Waals surface area (Å²) >= 11 is 7.35. The largest absolute Gasteiger partial charge is 0.269 e. The average Bonchev–Trinajstić information content (AvgIpc) is 3.09. The highest BCUT2D eigenvalue weighted by Crippen LogP contribution is 2.27. The van der Waals surface area contributed by atoms with Crippen LogP contribution in [0.15, 0.2) is 53.9 Å². The highest BCUT2D eigenvalue weighted by molar-refractivity contribution is 7.13. The second-order valence-corrected chi connectivity index (χ2v) is 6.35. The Morgan fingerprint density at radius 1 is 1.20 bits per heavy atom. The summed E-state index contributed by atoms with van der Waals surface area (Å²) in [6, 6.07) is 15.3. The van der Waals surface area contributed by atoms with E-state index in [1.807, 2.05) is 17.5 Å². The van der Waals surface area contributed by atoms with E-state index in [1.54, 1.807) is 30.3 Å². The zero-order valence-electron chi connectivity index (χ0n) is 12.7. The molecule has 5 nitrogen and oxygen atoms in total. The van der Waals surface area contributed by atoms with Crippen LogP contribution in [0.1, 0.15) is 11.3 Å². The fourth-order valence-electron chi connectivity index (χ4n) is 2.17. The Kier molecular flexibility index (Phi) is 4.89. The monoisotopic (exact) mass is 367 g/mol. The van der Waals surface area contributed by atoms with Crippen molar-refractivity contribution in [3.8, 4) is 16.6 Å². The van der Waals surface area contributed by atoms with Gasteiger partial charge in [-0.1, -0.05) is 23.7 Å². The third-order valence-corrected chi connectivity index (χ3v) is 4.58. The molecule has 7 heteroatoms. The minimum absolute atomic E-state index is 0.0141. The van der Waals surface area contributed by atoms with Crippen molar-refractivity contribution in [2.75, 3.05) is 0 Å². The lowest BCUT2D eigenvalue weighted by Crippen LogP contribution is -1.88. The molecule has 0 aliphatic rings. The van der Waals surface area contributed by atoms with E-state index in [-0.39, 0.29) is 5.69 Å². The van der Waals surface area contributed by atoms with Crippen LogP contribution in [-0.4, -0.2) is 9.91 Å². The molecular weight excluding hydrogens is 358 g/mol. The first kappa shape index (κ1) is 16.8. The Morgan fingerprint density at radius 3 is 2.48 bits per heavy atom. The van der Waals surface area contributed by atoms with Crippen molar-refractivity contribution >= 4 is 40.3 Å². The van der Waals surface area contributed by atoms with Crippen molar-refractivity contribution in [3.05, 3.63) is 80.3 Å². The Hall–Kier alpha value is -3.01. The first-order valence-corrected chi connectivity index (χ1v) is 8.40. The van der Waals surface area contributed by atoms with Crippen molar-refractivity contribution in [2.45, 2.75) is 0 Å². The van der Waals surface area contributed by atoms with Gasteiger partial charge in [-0.05, 0) is 35.9 Å². The molecular formula is C18H10ClN3O2S. The smallest absolute Gasteiger partial charge is 0.258 e. The molecule has 0 aliphatic carbocycles. The fourth-order valence-corrected chi connectivity index (χ4v) is 3.08. The van der Waals surface area contributed by atoms with Gasteiger partial charge in [0.05, 0.1) is 22.3 Å². The third kappa shape index (κ3) is 3.91. The van der Waals surface area contributed by atoms with Crippen LogP contribution in [0.25, 0.3) is 22.2 Å². The van der Waals surface area contributed by atoms with Crippen LogP contribution in [0, 0.1) is 21.4 Å². The summed E-state index contributed by atoms with van der Waals surface area (Å²) < 4.78 is 0. The topological polar surface area (TPSA) is 79.8 Å². The number of aromatic nitrogens is 1. The highest BCUT2D eigenvalue weighted by Gasteiger charge is 2.09. The molecule has 0 unspecified atom stereocenters. The van der Waals surface area contributed by atoms with E-state index in [0.717, 1.165) is 10.6 Å². The molecule has 0 saturated heterocycles. The average molecular weight is 368 g/mol. The maximum atomic E-state index is 10.7. The summed E-state index contributed by atoms with van der Waals surface area (Å²) in [6.45, 7) is 0. The molecule has 3 aromatic rings. The van der Waals surface area contributed by atoms with E-state index in [1.165, 1.54) is 23.5 Å². The van der Waals surface area contributed by atoms with E-state index in [9.17, 15) is 15.4 Å². The molecule has 0 aliphatic heterocycles. The van der Waals surface area contributed by atoms with Crippen LogP contribution >= 0.6 is 22.9 Å². The van der Waals surface area contributed by atoms with Gasteiger partial charge in [0.15, 0.2) is 0 Å². The fraction of sp³-hybridized carbons (Fsp3) is 0. The van der Waals surface area contributed by atoms with E-state index < -0.39 is 4.92 Å². The van der Waals surface area contributed by atoms with Gasteiger partial charge in [-0.25, -0.2) is 4.98 Å².